The fourth-order valence-corrected chi connectivity index (χ4v) is 1.62. The molecule has 0 aliphatic heterocycles. The van der Waals surface area contributed by atoms with Crippen molar-refractivity contribution < 1.29 is 14.2 Å². The van der Waals surface area contributed by atoms with Crippen molar-refractivity contribution in [1.29, 1.82) is 0 Å². The number of anilines is 2. The van der Waals surface area contributed by atoms with Gasteiger partial charge in [-0.25, -0.2) is 4.39 Å². The Balaban J connectivity index is 2.51. The molecule has 0 fully saturated rings. The summed E-state index contributed by atoms with van der Waals surface area (Å²) in [6, 6.07) is 9.59. The van der Waals surface area contributed by atoms with Crippen LogP contribution in [0.3, 0.4) is 0 Å². The average Bonchev–Trinajstić information content (AvgIpc) is 2.41. The van der Waals surface area contributed by atoms with Crippen molar-refractivity contribution in [2.24, 2.45) is 0 Å². The van der Waals surface area contributed by atoms with E-state index in [0.29, 0.717) is 17.8 Å². The van der Waals surface area contributed by atoms with Gasteiger partial charge in [-0.05, 0) is 12.1 Å². The Labute approximate surface area is 112 Å². The summed E-state index contributed by atoms with van der Waals surface area (Å²) in [6.07, 6.45) is 0. The van der Waals surface area contributed by atoms with Gasteiger partial charge in [-0.3, -0.25) is 20.2 Å². The molecular formula is C12H8FN3O4. The molecule has 2 rings (SSSR count). The van der Waals surface area contributed by atoms with Crippen molar-refractivity contribution in [3.05, 3.63) is 68.5 Å². The van der Waals surface area contributed by atoms with Crippen molar-refractivity contribution in [2.45, 2.75) is 0 Å². The van der Waals surface area contributed by atoms with Crippen LogP contribution < -0.4 is 5.32 Å². The third kappa shape index (κ3) is 2.69. The van der Waals surface area contributed by atoms with Gasteiger partial charge >= 0.3 is 5.69 Å². The second-order valence-electron chi connectivity index (χ2n) is 3.83. The summed E-state index contributed by atoms with van der Waals surface area (Å²) in [5.74, 6) is -1.06. The number of benzene rings is 2. The van der Waals surface area contributed by atoms with E-state index in [-0.39, 0.29) is 0 Å². The summed E-state index contributed by atoms with van der Waals surface area (Å²) in [5.41, 5.74) is -1.34. The molecule has 0 amide bonds. The minimum Gasteiger partial charge on any atom is -0.347 e. The van der Waals surface area contributed by atoms with Crippen LogP contribution in [-0.4, -0.2) is 9.85 Å². The number of nitro groups is 2. The molecule has 8 heteroatoms. The summed E-state index contributed by atoms with van der Waals surface area (Å²) < 4.78 is 13.8. The molecule has 0 atom stereocenters. The van der Waals surface area contributed by atoms with Gasteiger partial charge in [0.15, 0.2) is 11.5 Å². The van der Waals surface area contributed by atoms with Gasteiger partial charge in [0.05, 0.1) is 22.0 Å². The maximum Gasteiger partial charge on any atom is 0.302 e. The molecule has 2 aromatic carbocycles. The van der Waals surface area contributed by atoms with Crippen LogP contribution in [0.2, 0.25) is 0 Å². The minimum absolute atomic E-state index is 0.410. The van der Waals surface area contributed by atoms with E-state index in [0.717, 1.165) is 0 Å². The first-order chi connectivity index (χ1) is 9.49. The van der Waals surface area contributed by atoms with E-state index < -0.39 is 32.7 Å². The Hall–Kier alpha value is -3.03. The Morgan fingerprint density at radius 2 is 1.65 bits per heavy atom. The van der Waals surface area contributed by atoms with Gasteiger partial charge in [0, 0.05) is 5.69 Å². The predicted octanol–water partition coefficient (Wildman–Crippen LogP) is 3.39. The highest BCUT2D eigenvalue weighted by Crippen LogP contribution is 2.34. The number of para-hydroxylation sites is 1. The number of nitrogens with zero attached hydrogens (tertiary/aromatic N) is 2. The molecule has 0 spiro atoms. The zero-order chi connectivity index (χ0) is 14.7. The largest absolute Gasteiger partial charge is 0.347 e. The van der Waals surface area contributed by atoms with Crippen LogP contribution >= 0.6 is 0 Å². The lowest BCUT2D eigenvalue weighted by Crippen LogP contribution is -2.01. The molecule has 2 aromatic rings. The van der Waals surface area contributed by atoms with Crippen LogP contribution in [0.15, 0.2) is 42.5 Å². The van der Waals surface area contributed by atoms with E-state index in [9.17, 15) is 24.6 Å². The van der Waals surface area contributed by atoms with Gasteiger partial charge in [-0.2, -0.15) is 0 Å². The number of rotatable bonds is 4. The summed E-state index contributed by atoms with van der Waals surface area (Å²) in [6.45, 7) is 0. The Morgan fingerprint density at radius 3 is 2.20 bits per heavy atom. The van der Waals surface area contributed by atoms with Crippen molar-refractivity contribution in [1.82, 2.24) is 0 Å². The van der Waals surface area contributed by atoms with Crippen molar-refractivity contribution in [3.8, 4) is 0 Å². The molecule has 102 valence electrons. The van der Waals surface area contributed by atoms with Gasteiger partial charge in [-0.1, -0.05) is 18.2 Å². The second kappa shape index (κ2) is 5.31. The highest BCUT2D eigenvalue weighted by Gasteiger charge is 2.24. The SMILES string of the molecule is O=[N+]([O-])c1cc(F)c(Nc2ccccc2)c([N+](=O)[O-])c1. The topological polar surface area (TPSA) is 98.3 Å². The first-order valence-electron chi connectivity index (χ1n) is 5.43. The van der Waals surface area contributed by atoms with Crippen molar-refractivity contribution >= 4 is 22.7 Å². The molecule has 0 bridgehead atoms. The Bertz CT molecular complexity index is 676. The highest BCUT2D eigenvalue weighted by molar-refractivity contribution is 5.72. The molecule has 0 unspecified atom stereocenters. The number of hydrogen-bond donors (Lipinski definition) is 1. The lowest BCUT2D eigenvalue weighted by molar-refractivity contribution is -0.393. The number of non-ortho nitro benzene ring substituents is 1. The molecular weight excluding hydrogens is 269 g/mol. The van der Waals surface area contributed by atoms with Gasteiger partial charge < -0.3 is 5.32 Å². The molecule has 0 heterocycles. The zero-order valence-electron chi connectivity index (χ0n) is 9.95. The lowest BCUT2D eigenvalue weighted by Gasteiger charge is -2.08. The van der Waals surface area contributed by atoms with Gasteiger partial charge in [-0.15, -0.1) is 0 Å². The molecule has 0 aromatic heterocycles. The molecule has 0 radical (unpaired) electrons. The summed E-state index contributed by atoms with van der Waals surface area (Å²) in [7, 11) is 0. The fourth-order valence-electron chi connectivity index (χ4n) is 1.62. The number of nitro benzene ring substituents is 2. The van der Waals surface area contributed by atoms with Crippen LogP contribution in [-0.2, 0) is 0 Å². The van der Waals surface area contributed by atoms with E-state index in [4.69, 9.17) is 0 Å². The summed E-state index contributed by atoms with van der Waals surface area (Å²) in [5, 5.41) is 24.1. The summed E-state index contributed by atoms with van der Waals surface area (Å²) in [4.78, 5) is 19.7. The van der Waals surface area contributed by atoms with Crippen LogP contribution in [0.4, 0.5) is 27.1 Å². The smallest absolute Gasteiger partial charge is 0.302 e. The highest BCUT2D eigenvalue weighted by atomic mass is 19.1. The van der Waals surface area contributed by atoms with Gasteiger partial charge in [0.1, 0.15) is 0 Å². The maximum absolute atomic E-state index is 13.8. The lowest BCUT2D eigenvalue weighted by atomic mass is 10.2. The molecule has 7 nitrogen and oxygen atoms in total. The summed E-state index contributed by atoms with van der Waals surface area (Å²) >= 11 is 0. The maximum atomic E-state index is 13.8. The van der Waals surface area contributed by atoms with Crippen LogP contribution in [0, 0.1) is 26.0 Å². The van der Waals surface area contributed by atoms with E-state index in [1.54, 1.807) is 30.3 Å². The first kappa shape index (κ1) is 13.4. The fraction of sp³-hybridized carbons (Fsp3) is 0. The Kier molecular flexibility index (Phi) is 3.56. The molecule has 0 saturated heterocycles. The Morgan fingerprint density at radius 1 is 1.00 bits per heavy atom. The third-order valence-electron chi connectivity index (χ3n) is 2.50. The van der Waals surface area contributed by atoms with E-state index in [2.05, 4.69) is 5.32 Å². The standard InChI is InChI=1S/C12H8FN3O4/c13-10-6-9(15(17)18)7-11(16(19)20)12(10)14-8-4-2-1-3-5-8/h1-7,14H. The second-order valence-corrected chi connectivity index (χ2v) is 3.83. The molecule has 0 saturated carbocycles. The zero-order valence-corrected chi connectivity index (χ0v) is 9.95. The van der Waals surface area contributed by atoms with Crippen LogP contribution in [0.5, 0.6) is 0 Å². The molecule has 1 N–H and O–H groups in total. The quantitative estimate of drug-likeness (QED) is 0.682. The van der Waals surface area contributed by atoms with Crippen molar-refractivity contribution in [2.75, 3.05) is 5.32 Å². The van der Waals surface area contributed by atoms with Gasteiger partial charge in [0.25, 0.3) is 5.69 Å². The minimum atomic E-state index is -1.06. The van der Waals surface area contributed by atoms with E-state index >= 15 is 0 Å². The van der Waals surface area contributed by atoms with Crippen molar-refractivity contribution in [3.63, 3.8) is 0 Å². The number of halogens is 1. The monoisotopic (exact) mass is 277 g/mol. The third-order valence-corrected chi connectivity index (χ3v) is 2.50. The van der Waals surface area contributed by atoms with E-state index in [1.165, 1.54) is 0 Å². The van der Waals surface area contributed by atoms with Gasteiger partial charge in [0.2, 0.25) is 0 Å². The number of hydrogen-bond acceptors (Lipinski definition) is 5. The molecule has 0 aliphatic carbocycles. The van der Waals surface area contributed by atoms with Crippen LogP contribution in [0.1, 0.15) is 0 Å². The molecule has 0 aliphatic rings. The molecule has 20 heavy (non-hydrogen) atoms. The average molecular weight is 277 g/mol. The predicted molar refractivity (Wildman–Crippen MR) is 69.4 cm³/mol. The van der Waals surface area contributed by atoms with Crippen LogP contribution in [0.25, 0.3) is 0 Å². The normalized spacial score (nSPS) is 10.1. The van der Waals surface area contributed by atoms with E-state index in [1.807, 2.05) is 0 Å². The number of nitrogens with one attached hydrogen (secondary N) is 1. The first-order valence-corrected chi connectivity index (χ1v) is 5.43.